The van der Waals surface area contributed by atoms with Crippen LogP contribution in [0.4, 0.5) is 11.4 Å². The lowest BCUT2D eigenvalue weighted by Gasteiger charge is -2.28. The van der Waals surface area contributed by atoms with E-state index in [0.29, 0.717) is 12.0 Å². The van der Waals surface area contributed by atoms with Gasteiger partial charge in [0.1, 0.15) is 0 Å². The fourth-order valence-electron chi connectivity index (χ4n) is 5.00. The second kappa shape index (κ2) is 9.61. The number of benzene rings is 2. The average molecular weight is 443 g/mol. The van der Waals surface area contributed by atoms with E-state index in [-0.39, 0.29) is 11.5 Å². The molecule has 0 saturated carbocycles. The van der Waals surface area contributed by atoms with Crippen molar-refractivity contribution in [2.24, 2.45) is 0 Å². The second-order valence-corrected chi connectivity index (χ2v) is 9.09. The van der Waals surface area contributed by atoms with E-state index in [4.69, 9.17) is 0 Å². The number of carbonyl (C=O) groups is 1. The van der Waals surface area contributed by atoms with Crippen LogP contribution in [0, 0.1) is 0 Å². The first kappa shape index (κ1) is 21.4. The van der Waals surface area contributed by atoms with Gasteiger partial charge in [-0.3, -0.25) is 9.59 Å². The van der Waals surface area contributed by atoms with Crippen molar-refractivity contribution < 1.29 is 4.79 Å². The van der Waals surface area contributed by atoms with Crippen LogP contribution in [0.25, 0.3) is 0 Å². The maximum Gasteiger partial charge on any atom is 0.267 e. The average Bonchev–Trinajstić information content (AvgIpc) is 2.87. The van der Waals surface area contributed by atoms with Crippen LogP contribution < -0.4 is 15.8 Å². The number of nitrogens with zero attached hydrogens (tertiary/aromatic N) is 2. The van der Waals surface area contributed by atoms with Crippen LogP contribution in [0.5, 0.6) is 0 Å². The summed E-state index contributed by atoms with van der Waals surface area (Å²) in [5.74, 6) is -0.126. The number of hydrogen-bond donors (Lipinski definition) is 2. The Morgan fingerprint density at radius 1 is 0.939 bits per heavy atom. The Kier molecular flexibility index (Phi) is 6.24. The smallest absolute Gasteiger partial charge is 0.267 e. The molecule has 33 heavy (non-hydrogen) atoms. The van der Waals surface area contributed by atoms with Crippen molar-refractivity contribution in [3.05, 3.63) is 86.8 Å². The Hall–Kier alpha value is -3.41. The molecular weight excluding hydrogens is 412 g/mol. The van der Waals surface area contributed by atoms with Gasteiger partial charge >= 0.3 is 0 Å². The molecular formula is C27H30N4O2. The Bertz CT molecular complexity index is 1190. The molecule has 1 saturated heterocycles. The summed E-state index contributed by atoms with van der Waals surface area (Å²) in [6.07, 6.45) is 8.25. The highest BCUT2D eigenvalue weighted by Crippen LogP contribution is 2.24. The van der Waals surface area contributed by atoms with Crippen molar-refractivity contribution in [2.75, 3.05) is 23.3 Å². The quantitative estimate of drug-likeness (QED) is 0.611. The van der Waals surface area contributed by atoms with E-state index in [2.05, 4.69) is 32.5 Å². The number of aromatic amines is 1. The number of piperidine rings is 1. The van der Waals surface area contributed by atoms with Crippen LogP contribution in [0.15, 0.2) is 53.3 Å². The van der Waals surface area contributed by atoms with Crippen LogP contribution in [0.3, 0.4) is 0 Å². The van der Waals surface area contributed by atoms with E-state index in [0.717, 1.165) is 66.8 Å². The number of aromatic nitrogens is 2. The van der Waals surface area contributed by atoms with Gasteiger partial charge in [-0.25, -0.2) is 5.10 Å². The number of anilines is 2. The van der Waals surface area contributed by atoms with Crippen molar-refractivity contribution in [3.63, 3.8) is 0 Å². The van der Waals surface area contributed by atoms with E-state index in [1.54, 1.807) is 0 Å². The Morgan fingerprint density at radius 3 is 2.48 bits per heavy atom. The third-order valence-corrected chi connectivity index (χ3v) is 6.79. The Labute approximate surface area is 194 Å². The lowest BCUT2D eigenvalue weighted by Crippen LogP contribution is -2.29. The number of rotatable bonds is 5. The minimum Gasteiger partial charge on any atom is -0.372 e. The lowest BCUT2D eigenvalue weighted by molar-refractivity contribution is 0.102. The largest absolute Gasteiger partial charge is 0.372 e. The first-order valence-electron chi connectivity index (χ1n) is 12.0. The third-order valence-electron chi connectivity index (χ3n) is 6.79. The van der Waals surface area contributed by atoms with E-state index < -0.39 is 0 Å². The molecule has 0 spiro atoms. The van der Waals surface area contributed by atoms with Crippen LogP contribution in [0.2, 0.25) is 0 Å². The summed E-state index contributed by atoms with van der Waals surface area (Å²) in [6.45, 7) is 2.21. The summed E-state index contributed by atoms with van der Waals surface area (Å²) >= 11 is 0. The Balaban J connectivity index is 1.28. The molecule has 1 amide bonds. The van der Waals surface area contributed by atoms with E-state index in [1.165, 1.54) is 24.9 Å². The van der Waals surface area contributed by atoms with Crippen LogP contribution in [-0.2, 0) is 19.3 Å². The molecule has 3 aromatic rings. The number of amides is 1. The zero-order chi connectivity index (χ0) is 22.6. The highest BCUT2D eigenvalue weighted by molar-refractivity contribution is 6.04. The molecule has 2 N–H and O–H groups in total. The summed E-state index contributed by atoms with van der Waals surface area (Å²) in [6, 6.07) is 15.8. The van der Waals surface area contributed by atoms with E-state index >= 15 is 0 Å². The molecule has 2 aliphatic rings. The van der Waals surface area contributed by atoms with Gasteiger partial charge in [-0.1, -0.05) is 12.1 Å². The molecule has 5 rings (SSSR count). The van der Waals surface area contributed by atoms with Gasteiger partial charge in [0.05, 0.1) is 5.69 Å². The van der Waals surface area contributed by atoms with Crippen molar-refractivity contribution >= 4 is 17.3 Å². The number of nitrogens with one attached hydrogen (secondary N) is 2. The molecule has 2 aromatic carbocycles. The van der Waals surface area contributed by atoms with E-state index in [9.17, 15) is 9.59 Å². The van der Waals surface area contributed by atoms with Crippen molar-refractivity contribution in [1.82, 2.24) is 10.2 Å². The Morgan fingerprint density at radius 2 is 1.70 bits per heavy atom. The second-order valence-electron chi connectivity index (χ2n) is 9.09. The third kappa shape index (κ3) is 4.85. The van der Waals surface area contributed by atoms with Crippen LogP contribution in [0.1, 0.15) is 64.8 Å². The topological polar surface area (TPSA) is 78.1 Å². The fourth-order valence-corrected chi connectivity index (χ4v) is 5.00. The molecule has 170 valence electrons. The van der Waals surface area contributed by atoms with Gasteiger partial charge in [0.25, 0.3) is 11.5 Å². The maximum atomic E-state index is 12.9. The summed E-state index contributed by atoms with van der Waals surface area (Å²) in [5, 5.41) is 10.0. The molecule has 2 heterocycles. The number of fused-ring (bicyclic) bond motifs is 1. The van der Waals surface area contributed by atoms with Gasteiger partial charge in [0.15, 0.2) is 0 Å². The number of carbonyl (C=O) groups excluding carboxylic acids is 1. The van der Waals surface area contributed by atoms with Gasteiger partial charge in [-0.15, -0.1) is 0 Å². The molecule has 1 fully saturated rings. The number of H-pyrrole nitrogens is 1. The standard InChI is InChI=1S/C27H30N4O2/c32-26(28-21-11-13-22(14-12-21)31-15-4-1-5-16-31)20-8-6-7-19(17-20)18-25-23-9-2-3-10-24(23)27(33)30-29-25/h6-8,11-14,17H,1-5,9-10,15-16,18H2,(H,28,32)(H,30,33). The van der Waals surface area contributed by atoms with E-state index in [1.807, 2.05) is 36.4 Å². The molecule has 6 nitrogen and oxygen atoms in total. The molecule has 0 bridgehead atoms. The molecule has 1 aromatic heterocycles. The highest BCUT2D eigenvalue weighted by atomic mass is 16.1. The van der Waals surface area contributed by atoms with Gasteiger partial charge in [-0.2, -0.15) is 5.10 Å². The summed E-state index contributed by atoms with van der Waals surface area (Å²) in [7, 11) is 0. The lowest BCUT2D eigenvalue weighted by atomic mass is 9.90. The number of hydrogen-bond acceptors (Lipinski definition) is 4. The first-order chi connectivity index (χ1) is 16.2. The van der Waals surface area contributed by atoms with Gasteiger partial charge in [-0.05, 0) is 92.5 Å². The van der Waals surface area contributed by atoms with Crippen molar-refractivity contribution in [2.45, 2.75) is 51.4 Å². The highest BCUT2D eigenvalue weighted by Gasteiger charge is 2.18. The predicted molar refractivity (Wildman–Crippen MR) is 131 cm³/mol. The first-order valence-corrected chi connectivity index (χ1v) is 12.0. The monoisotopic (exact) mass is 442 g/mol. The van der Waals surface area contributed by atoms with Crippen molar-refractivity contribution in [3.8, 4) is 0 Å². The fraction of sp³-hybridized carbons (Fsp3) is 0.370. The van der Waals surface area contributed by atoms with Crippen LogP contribution in [-0.4, -0.2) is 29.2 Å². The minimum atomic E-state index is -0.126. The molecule has 0 radical (unpaired) electrons. The molecule has 1 aliphatic heterocycles. The minimum absolute atomic E-state index is 0.0621. The van der Waals surface area contributed by atoms with Crippen molar-refractivity contribution in [1.29, 1.82) is 0 Å². The predicted octanol–water partition coefficient (Wildman–Crippen LogP) is 4.48. The summed E-state index contributed by atoms with van der Waals surface area (Å²) in [5.41, 5.74) is 6.46. The van der Waals surface area contributed by atoms with Crippen LogP contribution >= 0.6 is 0 Å². The normalized spacial score (nSPS) is 15.7. The SMILES string of the molecule is O=C(Nc1ccc(N2CCCCC2)cc1)c1cccc(Cc2n[nH]c(=O)c3c2CCCC3)c1. The maximum absolute atomic E-state index is 12.9. The molecule has 0 unspecified atom stereocenters. The molecule has 6 heteroatoms. The van der Waals surface area contributed by atoms with Gasteiger partial charge < -0.3 is 10.2 Å². The van der Waals surface area contributed by atoms with Gasteiger partial charge in [0, 0.05) is 42.0 Å². The molecule has 1 aliphatic carbocycles. The summed E-state index contributed by atoms with van der Waals surface area (Å²) < 4.78 is 0. The molecule has 0 atom stereocenters. The zero-order valence-electron chi connectivity index (χ0n) is 18.9. The van der Waals surface area contributed by atoms with Gasteiger partial charge in [0.2, 0.25) is 0 Å². The zero-order valence-corrected chi connectivity index (χ0v) is 18.9. The summed E-state index contributed by atoms with van der Waals surface area (Å²) in [4.78, 5) is 27.4.